The van der Waals surface area contributed by atoms with Gasteiger partial charge in [-0.15, -0.1) is 0 Å². The molecule has 0 fully saturated rings. The minimum atomic E-state index is -0.546. The molecule has 0 saturated heterocycles. The normalized spacial score (nSPS) is 10.3. The fourth-order valence-corrected chi connectivity index (χ4v) is 1.93. The lowest BCUT2D eigenvalue weighted by molar-refractivity contribution is -0.128. The summed E-state index contributed by atoms with van der Waals surface area (Å²) in [7, 11) is 0. The Hall–Kier alpha value is -2.28. The third kappa shape index (κ3) is 4.09. The summed E-state index contributed by atoms with van der Waals surface area (Å²) < 4.78 is 5.09. The van der Waals surface area contributed by atoms with Crippen LogP contribution in [0, 0.1) is 11.3 Å². The number of nitriles is 1. The molecule has 0 unspecified atom stereocenters. The molecule has 0 atom stereocenters. The van der Waals surface area contributed by atoms with Crippen molar-refractivity contribution in [2.24, 2.45) is 0 Å². The number of hydrogen-bond acceptors (Lipinski definition) is 3. The van der Waals surface area contributed by atoms with E-state index in [1.807, 2.05) is 6.07 Å². The predicted octanol–water partition coefficient (Wildman–Crippen LogP) is 4.48. The summed E-state index contributed by atoms with van der Waals surface area (Å²) in [5.41, 5.74) is 1.12. The molecule has 0 amide bonds. The maximum absolute atomic E-state index is 11.7. The molecule has 0 aromatic heterocycles. The predicted molar refractivity (Wildman–Crippen MR) is 82.3 cm³/mol. The van der Waals surface area contributed by atoms with Crippen molar-refractivity contribution >= 4 is 35.2 Å². The van der Waals surface area contributed by atoms with Crippen LogP contribution in [-0.2, 0) is 4.79 Å². The van der Waals surface area contributed by atoms with Crippen LogP contribution >= 0.6 is 23.2 Å². The molecular weight excluding hydrogens is 309 g/mol. The van der Waals surface area contributed by atoms with E-state index in [-0.39, 0.29) is 0 Å². The Balaban J connectivity index is 2.05. The van der Waals surface area contributed by atoms with Crippen LogP contribution in [-0.4, -0.2) is 5.97 Å². The SMILES string of the molecule is N#Cc1ccc(OC(=O)/C=C/c2cccc(Cl)c2Cl)cc1. The molecule has 5 heteroatoms. The number of ether oxygens (including phenoxy) is 1. The van der Waals surface area contributed by atoms with E-state index in [1.54, 1.807) is 42.5 Å². The van der Waals surface area contributed by atoms with Gasteiger partial charge in [-0.3, -0.25) is 0 Å². The van der Waals surface area contributed by atoms with Crippen LogP contribution in [0.3, 0.4) is 0 Å². The third-order valence-electron chi connectivity index (χ3n) is 2.58. The number of rotatable bonds is 3. The molecule has 0 aliphatic heterocycles. The molecule has 2 aromatic carbocycles. The van der Waals surface area contributed by atoms with Crippen molar-refractivity contribution in [2.45, 2.75) is 0 Å². The van der Waals surface area contributed by atoms with Crippen LogP contribution in [0.2, 0.25) is 10.0 Å². The topological polar surface area (TPSA) is 50.1 Å². The molecule has 2 rings (SSSR count). The molecule has 0 saturated carbocycles. The van der Waals surface area contributed by atoms with Gasteiger partial charge in [-0.2, -0.15) is 5.26 Å². The zero-order chi connectivity index (χ0) is 15.2. The quantitative estimate of drug-likeness (QED) is 0.476. The smallest absolute Gasteiger partial charge is 0.336 e. The standard InChI is InChI=1S/C16H9Cl2NO2/c17-14-3-1-2-12(16(14)18)6-9-15(20)21-13-7-4-11(10-19)5-8-13/h1-9H/b9-6+. The van der Waals surface area contributed by atoms with E-state index >= 15 is 0 Å². The molecule has 104 valence electrons. The van der Waals surface area contributed by atoms with Crippen LogP contribution in [0.4, 0.5) is 0 Å². The van der Waals surface area contributed by atoms with Gasteiger partial charge in [-0.25, -0.2) is 4.79 Å². The number of esters is 1. The summed E-state index contributed by atoms with van der Waals surface area (Å²) in [4.78, 5) is 11.7. The number of hydrogen-bond donors (Lipinski definition) is 0. The Morgan fingerprint density at radius 2 is 1.86 bits per heavy atom. The highest BCUT2D eigenvalue weighted by atomic mass is 35.5. The first-order valence-corrected chi connectivity index (χ1v) is 6.70. The van der Waals surface area contributed by atoms with Crippen LogP contribution in [0.25, 0.3) is 6.08 Å². The molecule has 0 radical (unpaired) electrons. The average molecular weight is 318 g/mol. The molecule has 21 heavy (non-hydrogen) atoms. The number of halogens is 2. The second-order valence-corrected chi connectivity index (χ2v) is 4.82. The summed E-state index contributed by atoms with van der Waals surface area (Å²) >= 11 is 11.9. The summed E-state index contributed by atoms with van der Waals surface area (Å²) in [5.74, 6) is -0.184. The highest BCUT2D eigenvalue weighted by molar-refractivity contribution is 6.42. The Kier molecular flexibility index (Phi) is 4.99. The van der Waals surface area contributed by atoms with Crippen molar-refractivity contribution in [3.8, 4) is 11.8 Å². The van der Waals surface area contributed by atoms with Gasteiger partial charge < -0.3 is 4.74 Å². The van der Waals surface area contributed by atoms with Crippen LogP contribution < -0.4 is 4.74 Å². The maximum atomic E-state index is 11.7. The van der Waals surface area contributed by atoms with Crippen molar-refractivity contribution in [1.82, 2.24) is 0 Å². The Bertz CT molecular complexity index is 731. The molecule has 3 nitrogen and oxygen atoms in total. The van der Waals surface area contributed by atoms with Gasteiger partial charge in [-0.05, 0) is 42.0 Å². The van der Waals surface area contributed by atoms with Crippen molar-refractivity contribution in [2.75, 3.05) is 0 Å². The van der Waals surface area contributed by atoms with E-state index in [0.717, 1.165) is 0 Å². The summed E-state index contributed by atoms with van der Waals surface area (Å²) in [6, 6.07) is 13.4. The monoisotopic (exact) mass is 317 g/mol. The van der Waals surface area contributed by atoms with Gasteiger partial charge in [0.15, 0.2) is 0 Å². The fourth-order valence-electron chi connectivity index (χ4n) is 1.55. The van der Waals surface area contributed by atoms with Gasteiger partial charge in [0.05, 0.1) is 21.7 Å². The van der Waals surface area contributed by atoms with Gasteiger partial charge in [-0.1, -0.05) is 35.3 Å². The Morgan fingerprint density at radius 1 is 1.14 bits per heavy atom. The number of carbonyl (C=O) groups excluding carboxylic acids is 1. The first-order chi connectivity index (χ1) is 10.1. The minimum absolute atomic E-state index is 0.362. The lowest BCUT2D eigenvalue weighted by Crippen LogP contribution is -2.03. The summed E-state index contributed by atoms with van der Waals surface area (Å²) in [6.07, 6.45) is 2.79. The van der Waals surface area contributed by atoms with Crippen LogP contribution in [0.5, 0.6) is 5.75 Å². The maximum Gasteiger partial charge on any atom is 0.336 e. The first-order valence-electron chi connectivity index (χ1n) is 5.94. The third-order valence-corrected chi connectivity index (χ3v) is 3.42. The first kappa shape index (κ1) is 15.1. The highest BCUT2D eigenvalue weighted by Gasteiger charge is 2.04. The van der Waals surface area contributed by atoms with Crippen molar-refractivity contribution in [1.29, 1.82) is 5.26 Å². The van der Waals surface area contributed by atoms with Crippen molar-refractivity contribution in [3.63, 3.8) is 0 Å². The van der Waals surface area contributed by atoms with Gasteiger partial charge in [0.25, 0.3) is 0 Å². The molecule has 0 heterocycles. The van der Waals surface area contributed by atoms with Crippen molar-refractivity contribution in [3.05, 3.63) is 69.7 Å². The summed E-state index contributed by atoms with van der Waals surface area (Å²) in [6.45, 7) is 0. The van der Waals surface area contributed by atoms with Crippen molar-refractivity contribution < 1.29 is 9.53 Å². The zero-order valence-electron chi connectivity index (χ0n) is 10.7. The van der Waals surface area contributed by atoms with E-state index in [1.165, 1.54) is 12.2 Å². The second-order valence-electron chi connectivity index (χ2n) is 4.03. The van der Waals surface area contributed by atoms with Gasteiger partial charge in [0.2, 0.25) is 0 Å². The van der Waals surface area contributed by atoms with E-state index in [9.17, 15) is 4.79 Å². The number of nitrogens with zero attached hydrogens (tertiary/aromatic N) is 1. The molecule has 0 aliphatic carbocycles. The molecule has 0 spiro atoms. The largest absolute Gasteiger partial charge is 0.423 e. The molecular formula is C16H9Cl2NO2. The van der Waals surface area contributed by atoms with Crippen LogP contribution in [0.1, 0.15) is 11.1 Å². The highest BCUT2D eigenvalue weighted by Crippen LogP contribution is 2.26. The van der Waals surface area contributed by atoms with Crippen LogP contribution in [0.15, 0.2) is 48.5 Å². The van der Waals surface area contributed by atoms with Gasteiger partial charge in [0.1, 0.15) is 5.75 Å². The fraction of sp³-hybridized carbons (Fsp3) is 0. The Morgan fingerprint density at radius 3 is 2.52 bits per heavy atom. The lowest BCUT2D eigenvalue weighted by Gasteiger charge is -2.02. The molecule has 2 aromatic rings. The van der Waals surface area contributed by atoms with Gasteiger partial charge in [0, 0.05) is 6.08 Å². The van der Waals surface area contributed by atoms with E-state index in [4.69, 9.17) is 33.2 Å². The zero-order valence-corrected chi connectivity index (χ0v) is 12.2. The number of carbonyl (C=O) groups is 1. The number of benzene rings is 2. The lowest BCUT2D eigenvalue weighted by atomic mass is 10.2. The Labute approximate surface area is 132 Å². The average Bonchev–Trinajstić information content (AvgIpc) is 2.49. The molecule has 0 aliphatic rings. The second kappa shape index (κ2) is 6.94. The summed E-state index contributed by atoms with van der Waals surface area (Å²) in [5, 5.41) is 9.47. The van der Waals surface area contributed by atoms with E-state index in [2.05, 4.69) is 0 Å². The minimum Gasteiger partial charge on any atom is -0.423 e. The molecule has 0 bridgehead atoms. The van der Waals surface area contributed by atoms with Gasteiger partial charge >= 0.3 is 5.97 Å². The molecule has 0 N–H and O–H groups in total. The van der Waals surface area contributed by atoms with E-state index in [0.29, 0.717) is 26.9 Å². The van der Waals surface area contributed by atoms with E-state index < -0.39 is 5.97 Å².